The Morgan fingerprint density at radius 2 is 1.11 bits per heavy atom. The first-order valence-electron chi connectivity index (χ1n) is 12.5. The van der Waals surface area contributed by atoms with Crippen LogP contribution in [0, 0.1) is 11.3 Å². The average Bonchev–Trinajstić information content (AvgIpc) is 2.84. The lowest BCUT2D eigenvalue weighted by molar-refractivity contribution is -0.295. The van der Waals surface area contributed by atoms with Crippen molar-refractivity contribution in [1.82, 2.24) is 0 Å². The van der Waals surface area contributed by atoms with Crippen LogP contribution in [0.25, 0.3) is 0 Å². The summed E-state index contributed by atoms with van der Waals surface area (Å²) in [6.07, 6.45) is -21.7. The van der Waals surface area contributed by atoms with E-state index in [4.69, 9.17) is 14.2 Å². The highest BCUT2D eigenvalue weighted by Crippen LogP contribution is 2.41. The van der Waals surface area contributed by atoms with Crippen molar-refractivity contribution in [3.05, 3.63) is 0 Å². The monoisotopic (exact) mass is 542 g/mol. The van der Waals surface area contributed by atoms with Gasteiger partial charge in [-0.25, -0.2) is 0 Å². The van der Waals surface area contributed by atoms with Gasteiger partial charge in [0, 0.05) is 0 Å². The Morgan fingerprint density at radius 3 is 1.70 bits per heavy atom. The topological polar surface area (TPSA) is 250 Å². The van der Waals surface area contributed by atoms with Crippen molar-refractivity contribution in [1.29, 1.82) is 0 Å². The molecule has 0 saturated carbocycles. The summed E-state index contributed by atoms with van der Waals surface area (Å²) in [6, 6.07) is 0. The molecular formula is C23H42O14. The van der Waals surface area contributed by atoms with Crippen molar-refractivity contribution in [2.24, 2.45) is 11.3 Å². The van der Waals surface area contributed by atoms with Crippen molar-refractivity contribution >= 4 is 0 Å². The molecule has 0 aliphatic carbocycles. The minimum absolute atomic E-state index is 0.0214. The molecule has 0 amide bonds. The Balaban J connectivity index is 1.74. The van der Waals surface area contributed by atoms with Gasteiger partial charge in [-0.15, -0.1) is 0 Å². The molecule has 3 heterocycles. The second kappa shape index (κ2) is 11.9. The van der Waals surface area contributed by atoms with E-state index in [0.717, 1.165) is 0 Å². The van der Waals surface area contributed by atoms with Gasteiger partial charge in [0.15, 0.2) is 6.29 Å². The first kappa shape index (κ1) is 31.0. The van der Waals surface area contributed by atoms with Crippen LogP contribution in [0.15, 0.2) is 0 Å². The summed E-state index contributed by atoms with van der Waals surface area (Å²) in [5.74, 6) is -0.618. The summed E-state index contributed by atoms with van der Waals surface area (Å²) in [7, 11) is 0. The third-order valence-electron chi connectivity index (χ3n) is 7.99. The van der Waals surface area contributed by atoms with Crippen LogP contribution in [0.1, 0.15) is 33.6 Å². The number of hydrogen-bond donors (Lipinski definition) is 11. The highest BCUT2D eigenvalue weighted by Gasteiger charge is 2.53. The smallest absolute Gasteiger partial charge is 0.183 e. The molecule has 3 aliphatic rings. The number of rotatable bonds is 7. The molecule has 11 N–H and O–H groups in total. The number of aliphatic hydroxyl groups is 11. The molecule has 3 saturated heterocycles. The molecule has 16 atom stereocenters. The van der Waals surface area contributed by atoms with E-state index in [1.807, 2.05) is 0 Å². The van der Waals surface area contributed by atoms with Crippen LogP contribution in [0.3, 0.4) is 0 Å². The first-order valence-corrected chi connectivity index (χ1v) is 12.5. The summed E-state index contributed by atoms with van der Waals surface area (Å²) in [5, 5.41) is 112. The lowest BCUT2D eigenvalue weighted by atomic mass is 9.73. The molecule has 3 aliphatic heterocycles. The van der Waals surface area contributed by atoms with E-state index in [1.54, 1.807) is 20.8 Å². The highest BCUT2D eigenvalue weighted by molar-refractivity contribution is 5.02. The molecule has 37 heavy (non-hydrogen) atoms. The molecule has 0 spiro atoms. The van der Waals surface area contributed by atoms with Gasteiger partial charge < -0.3 is 70.4 Å². The quantitative estimate of drug-likeness (QED) is 0.144. The molecule has 3 rings (SSSR count). The van der Waals surface area contributed by atoms with Crippen LogP contribution in [-0.2, 0) is 14.2 Å². The molecule has 16 unspecified atom stereocenters. The fraction of sp³-hybridized carbons (Fsp3) is 1.00. The van der Waals surface area contributed by atoms with Gasteiger partial charge in [0.1, 0.15) is 61.0 Å². The van der Waals surface area contributed by atoms with Gasteiger partial charge >= 0.3 is 0 Å². The molecule has 0 aromatic heterocycles. The molecule has 14 nitrogen and oxygen atoms in total. The SMILES string of the molecule is CC(CC1OC(C(C)(C)CC2OC(O)C(O)C(O)C2O)C(O)C(O)C1O)C1OC(CO)C(O)C(O)C1O. The maximum atomic E-state index is 10.7. The van der Waals surface area contributed by atoms with E-state index in [2.05, 4.69) is 0 Å². The highest BCUT2D eigenvalue weighted by atomic mass is 16.6. The summed E-state index contributed by atoms with van der Waals surface area (Å²) in [4.78, 5) is 0. The zero-order chi connectivity index (χ0) is 28.0. The van der Waals surface area contributed by atoms with Gasteiger partial charge in [-0.2, -0.15) is 0 Å². The Bertz CT molecular complexity index is 738. The maximum absolute atomic E-state index is 10.7. The molecule has 0 aromatic carbocycles. The largest absolute Gasteiger partial charge is 0.394 e. The minimum atomic E-state index is -1.75. The van der Waals surface area contributed by atoms with Gasteiger partial charge in [0.2, 0.25) is 0 Å². The molecule has 0 aromatic rings. The Hall–Kier alpha value is -0.560. The van der Waals surface area contributed by atoms with Crippen LogP contribution in [-0.4, -0.2) is 155 Å². The number of aliphatic hydroxyl groups excluding tert-OH is 11. The molecule has 3 fully saturated rings. The van der Waals surface area contributed by atoms with Gasteiger partial charge in [-0.1, -0.05) is 20.8 Å². The predicted molar refractivity (Wildman–Crippen MR) is 122 cm³/mol. The Kier molecular flexibility index (Phi) is 9.96. The molecule has 14 heteroatoms. The van der Waals surface area contributed by atoms with E-state index in [-0.39, 0.29) is 12.8 Å². The fourth-order valence-electron chi connectivity index (χ4n) is 5.63. The van der Waals surface area contributed by atoms with E-state index >= 15 is 0 Å². The molecule has 218 valence electrons. The zero-order valence-corrected chi connectivity index (χ0v) is 21.0. The third kappa shape index (κ3) is 6.12. The van der Waals surface area contributed by atoms with Crippen molar-refractivity contribution in [3.63, 3.8) is 0 Å². The van der Waals surface area contributed by atoms with Crippen LogP contribution >= 0.6 is 0 Å². The predicted octanol–water partition coefficient (Wildman–Crippen LogP) is -5.08. The van der Waals surface area contributed by atoms with E-state index < -0.39 is 110 Å². The number of ether oxygens (including phenoxy) is 3. The van der Waals surface area contributed by atoms with Crippen LogP contribution in [0.4, 0.5) is 0 Å². The lowest BCUT2D eigenvalue weighted by Gasteiger charge is -2.50. The van der Waals surface area contributed by atoms with Crippen molar-refractivity contribution in [2.75, 3.05) is 6.61 Å². The van der Waals surface area contributed by atoms with Crippen molar-refractivity contribution in [2.45, 2.75) is 125 Å². The summed E-state index contributed by atoms with van der Waals surface area (Å²) < 4.78 is 16.9. The Labute approximate surface area is 214 Å². The van der Waals surface area contributed by atoms with E-state index in [9.17, 15) is 56.2 Å². The molecular weight excluding hydrogens is 500 g/mol. The van der Waals surface area contributed by atoms with Gasteiger partial charge in [0.05, 0.1) is 31.0 Å². The zero-order valence-electron chi connectivity index (χ0n) is 21.0. The molecule has 0 bridgehead atoms. The van der Waals surface area contributed by atoms with Gasteiger partial charge in [-0.05, 0) is 24.2 Å². The standard InChI is InChI=1S/C23H42O14/c1-7(20-17(31)14(28)13(27)10(6-24)35-20)4-8-11(25)15(29)18(32)21(36-8)23(2,3)5-9-12(26)16(30)19(33)22(34)37-9/h7-22,24-34H,4-6H2,1-3H3. The maximum Gasteiger partial charge on any atom is 0.183 e. The lowest BCUT2D eigenvalue weighted by Crippen LogP contribution is -2.64. The van der Waals surface area contributed by atoms with Crippen molar-refractivity contribution in [3.8, 4) is 0 Å². The third-order valence-corrected chi connectivity index (χ3v) is 7.99. The van der Waals surface area contributed by atoms with Crippen LogP contribution in [0.5, 0.6) is 0 Å². The van der Waals surface area contributed by atoms with E-state index in [1.165, 1.54) is 0 Å². The van der Waals surface area contributed by atoms with Crippen molar-refractivity contribution < 1.29 is 70.4 Å². The van der Waals surface area contributed by atoms with Crippen LogP contribution < -0.4 is 0 Å². The summed E-state index contributed by atoms with van der Waals surface area (Å²) in [5.41, 5.74) is -1.07. The second-order valence-electron chi connectivity index (χ2n) is 11.3. The minimum Gasteiger partial charge on any atom is -0.394 e. The normalized spacial score (nSPS) is 50.6. The van der Waals surface area contributed by atoms with Crippen LogP contribution in [0.2, 0.25) is 0 Å². The van der Waals surface area contributed by atoms with E-state index in [0.29, 0.717) is 0 Å². The Morgan fingerprint density at radius 1 is 0.595 bits per heavy atom. The summed E-state index contributed by atoms with van der Waals surface area (Å²) >= 11 is 0. The van der Waals surface area contributed by atoms with Gasteiger partial charge in [-0.3, -0.25) is 0 Å². The first-order chi connectivity index (χ1) is 17.1. The second-order valence-corrected chi connectivity index (χ2v) is 11.3. The fourth-order valence-corrected chi connectivity index (χ4v) is 5.63. The average molecular weight is 543 g/mol. The van der Waals surface area contributed by atoms with Gasteiger partial charge in [0.25, 0.3) is 0 Å². The summed E-state index contributed by atoms with van der Waals surface area (Å²) in [6.45, 7) is 4.28. The number of hydrogen-bond acceptors (Lipinski definition) is 14. The molecule has 0 radical (unpaired) electrons.